The van der Waals surface area contributed by atoms with E-state index in [9.17, 15) is 14.4 Å². The van der Waals surface area contributed by atoms with Crippen LogP contribution < -0.4 is 10.6 Å². The van der Waals surface area contributed by atoms with Crippen molar-refractivity contribution in [2.75, 3.05) is 12.4 Å². The molecule has 10 heteroatoms. The van der Waals surface area contributed by atoms with Crippen LogP contribution in [0.1, 0.15) is 35.4 Å². The second kappa shape index (κ2) is 9.55. The van der Waals surface area contributed by atoms with Crippen molar-refractivity contribution in [3.05, 3.63) is 58.2 Å². The molecule has 0 aliphatic carbocycles. The molecule has 0 aliphatic rings. The Bertz CT molecular complexity index is 1060. The van der Waals surface area contributed by atoms with Crippen molar-refractivity contribution in [1.82, 2.24) is 15.3 Å². The van der Waals surface area contributed by atoms with Crippen molar-refractivity contribution in [2.45, 2.75) is 19.4 Å². The zero-order chi connectivity index (χ0) is 21.7. The number of esters is 1. The number of methoxy groups -OCH3 is 1. The van der Waals surface area contributed by atoms with Gasteiger partial charge in [0.1, 0.15) is 5.69 Å². The van der Waals surface area contributed by atoms with Crippen molar-refractivity contribution in [2.24, 2.45) is 0 Å². The van der Waals surface area contributed by atoms with Crippen molar-refractivity contribution >= 4 is 45.9 Å². The van der Waals surface area contributed by atoms with Crippen LogP contribution in [-0.4, -0.2) is 34.9 Å². The first-order valence-electron chi connectivity index (χ1n) is 8.90. The number of halogens is 1. The third-order valence-electron chi connectivity index (χ3n) is 4.17. The van der Waals surface area contributed by atoms with E-state index in [1.807, 2.05) is 0 Å². The zero-order valence-corrected chi connectivity index (χ0v) is 17.8. The minimum absolute atomic E-state index is 0.0345. The van der Waals surface area contributed by atoms with Crippen LogP contribution >= 0.6 is 22.9 Å². The number of hydrogen-bond donors (Lipinski definition) is 3. The van der Waals surface area contributed by atoms with Crippen LogP contribution in [0.5, 0.6) is 0 Å². The summed E-state index contributed by atoms with van der Waals surface area (Å²) < 4.78 is 4.67. The summed E-state index contributed by atoms with van der Waals surface area (Å²) >= 11 is 7.17. The molecule has 0 fully saturated rings. The molecule has 0 saturated carbocycles. The van der Waals surface area contributed by atoms with Gasteiger partial charge in [0.15, 0.2) is 5.13 Å². The molecular formula is C20H19ClN4O4S. The van der Waals surface area contributed by atoms with Gasteiger partial charge >= 0.3 is 5.97 Å². The number of benzene rings is 1. The van der Waals surface area contributed by atoms with Crippen LogP contribution in [0, 0.1) is 0 Å². The number of H-pyrrole nitrogens is 1. The maximum Gasteiger partial charge on any atom is 0.354 e. The van der Waals surface area contributed by atoms with Crippen LogP contribution in [0.4, 0.5) is 5.13 Å². The first-order valence-corrected chi connectivity index (χ1v) is 10.2. The number of hydrogen-bond acceptors (Lipinski definition) is 6. The fourth-order valence-corrected chi connectivity index (χ4v) is 3.64. The Morgan fingerprint density at radius 2 is 2.00 bits per heavy atom. The molecule has 156 valence electrons. The number of carbonyl (C=O) groups excluding carboxylic acids is 3. The average Bonchev–Trinajstić information content (AvgIpc) is 3.36. The molecule has 0 radical (unpaired) electrons. The second-order valence-electron chi connectivity index (χ2n) is 6.39. The number of thiazole rings is 1. The lowest BCUT2D eigenvalue weighted by Crippen LogP contribution is -2.29. The van der Waals surface area contributed by atoms with Crippen LogP contribution in [0.25, 0.3) is 11.3 Å². The van der Waals surface area contributed by atoms with E-state index in [0.29, 0.717) is 27.1 Å². The summed E-state index contributed by atoms with van der Waals surface area (Å²) in [6.07, 6.45) is 1.67. The van der Waals surface area contributed by atoms with E-state index in [0.717, 1.165) is 5.56 Å². The first-order chi connectivity index (χ1) is 14.4. The third kappa shape index (κ3) is 5.46. The molecular weight excluding hydrogens is 428 g/mol. The van der Waals surface area contributed by atoms with Gasteiger partial charge in [0.2, 0.25) is 11.8 Å². The van der Waals surface area contributed by atoms with Crippen molar-refractivity contribution in [3.63, 3.8) is 0 Å². The highest BCUT2D eigenvalue weighted by Crippen LogP contribution is 2.26. The van der Waals surface area contributed by atoms with Crippen molar-refractivity contribution in [3.8, 4) is 11.3 Å². The maximum atomic E-state index is 12.5. The number of anilines is 1. The van der Waals surface area contributed by atoms with Crippen LogP contribution in [0.3, 0.4) is 0 Å². The molecule has 3 N–H and O–H groups in total. The second-order valence-corrected chi connectivity index (χ2v) is 7.68. The molecule has 0 bridgehead atoms. The normalized spacial score (nSPS) is 11.6. The van der Waals surface area contributed by atoms with Gasteiger partial charge in [0, 0.05) is 29.1 Å². The number of aromatic amines is 1. The fourth-order valence-electron chi connectivity index (χ4n) is 2.78. The summed E-state index contributed by atoms with van der Waals surface area (Å²) in [6, 6.07) is 8.07. The predicted octanol–water partition coefficient (Wildman–Crippen LogP) is 3.78. The lowest BCUT2D eigenvalue weighted by Gasteiger charge is -2.17. The molecule has 30 heavy (non-hydrogen) atoms. The summed E-state index contributed by atoms with van der Waals surface area (Å²) in [5, 5.41) is 8.27. The summed E-state index contributed by atoms with van der Waals surface area (Å²) in [5.74, 6) is -1.02. The number of ether oxygens (including phenoxy) is 1. The number of nitrogens with one attached hydrogen (secondary N) is 3. The van der Waals surface area contributed by atoms with E-state index >= 15 is 0 Å². The van der Waals surface area contributed by atoms with Gasteiger partial charge in [-0.3, -0.25) is 9.59 Å². The van der Waals surface area contributed by atoms with Gasteiger partial charge in [-0.25, -0.2) is 9.78 Å². The molecule has 0 saturated heterocycles. The average molecular weight is 447 g/mol. The van der Waals surface area contributed by atoms with Gasteiger partial charge in [-0.15, -0.1) is 11.3 Å². The highest BCUT2D eigenvalue weighted by Gasteiger charge is 2.19. The van der Waals surface area contributed by atoms with Gasteiger partial charge in [-0.05, 0) is 23.8 Å². The molecule has 2 aromatic heterocycles. The summed E-state index contributed by atoms with van der Waals surface area (Å²) in [5.41, 5.74) is 2.39. The van der Waals surface area contributed by atoms with Crippen molar-refractivity contribution in [1.29, 1.82) is 0 Å². The lowest BCUT2D eigenvalue weighted by atomic mass is 10.0. The molecule has 2 heterocycles. The SMILES string of the molecule is COC(=O)c1cc(-c2csc(NC(=O)CC(NC(C)=O)c3ccc(Cl)cc3)n2)c[nH]1. The molecule has 3 rings (SSSR count). The molecule has 8 nitrogen and oxygen atoms in total. The number of aromatic nitrogens is 2. The van der Waals surface area contributed by atoms with E-state index in [4.69, 9.17) is 11.6 Å². The zero-order valence-electron chi connectivity index (χ0n) is 16.2. The molecule has 0 spiro atoms. The largest absolute Gasteiger partial charge is 0.464 e. The van der Waals surface area contributed by atoms with Gasteiger partial charge in [0.05, 0.1) is 25.3 Å². The topological polar surface area (TPSA) is 113 Å². The fraction of sp³-hybridized carbons (Fsp3) is 0.200. The highest BCUT2D eigenvalue weighted by atomic mass is 35.5. The molecule has 3 aromatic rings. The third-order valence-corrected chi connectivity index (χ3v) is 5.18. The Labute approximate surface area is 181 Å². The molecule has 1 unspecified atom stereocenters. The Morgan fingerprint density at radius 1 is 1.27 bits per heavy atom. The van der Waals surface area contributed by atoms with Crippen molar-refractivity contribution < 1.29 is 19.1 Å². The Kier molecular flexibility index (Phi) is 6.86. The minimum atomic E-state index is -0.494. The van der Waals surface area contributed by atoms with E-state index in [2.05, 4.69) is 25.3 Å². The Hall–Kier alpha value is -3.17. The molecule has 1 aromatic carbocycles. The number of amides is 2. The first kappa shape index (κ1) is 21.5. The monoisotopic (exact) mass is 446 g/mol. The Balaban J connectivity index is 1.67. The predicted molar refractivity (Wildman–Crippen MR) is 114 cm³/mol. The smallest absolute Gasteiger partial charge is 0.354 e. The summed E-state index contributed by atoms with van der Waals surface area (Å²) in [7, 11) is 1.30. The highest BCUT2D eigenvalue weighted by molar-refractivity contribution is 7.14. The van der Waals surface area contributed by atoms with E-state index in [1.165, 1.54) is 25.4 Å². The maximum absolute atomic E-state index is 12.5. The summed E-state index contributed by atoms with van der Waals surface area (Å²) in [4.78, 5) is 42.8. The lowest BCUT2D eigenvalue weighted by molar-refractivity contribution is -0.120. The summed E-state index contributed by atoms with van der Waals surface area (Å²) in [6.45, 7) is 1.40. The number of nitrogens with zero attached hydrogens (tertiary/aromatic N) is 1. The van der Waals surface area contributed by atoms with Crippen LogP contribution in [-0.2, 0) is 14.3 Å². The van der Waals surface area contributed by atoms with Gasteiger partial charge in [-0.1, -0.05) is 23.7 Å². The van der Waals surface area contributed by atoms with Crippen LogP contribution in [0.2, 0.25) is 5.02 Å². The van der Waals surface area contributed by atoms with Gasteiger partial charge < -0.3 is 20.4 Å². The van der Waals surface area contributed by atoms with E-state index in [-0.39, 0.29) is 18.2 Å². The Morgan fingerprint density at radius 3 is 2.67 bits per heavy atom. The standard InChI is InChI=1S/C20H19ClN4O4S/c1-11(26)23-15(12-3-5-14(21)6-4-12)8-18(27)25-20-24-17(10-30-20)13-7-16(22-9-13)19(28)29-2/h3-7,9-10,15,22H,8H2,1-2H3,(H,23,26)(H,24,25,27). The molecule has 2 amide bonds. The number of rotatable bonds is 7. The molecule has 1 atom stereocenters. The molecule has 0 aliphatic heterocycles. The quantitative estimate of drug-likeness (QED) is 0.478. The van der Waals surface area contributed by atoms with E-state index < -0.39 is 12.0 Å². The van der Waals surface area contributed by atoms with Gasteiger partial charge in [-0.2, -0.15) is 0 Å². The van der Waals surface area contributed by atoms with Crippen LogP contribution in [0.15, 0.2) is 41.9 Å². The van der Waals surface area contributed by atoms with Gasteiger partial charge in [0.25, 0.3) is 0 Å². The number of carbonyl (C=O) groups is 3. The van der Waals surface area contributed by atoms with E-state index in [1.54, 1.807) is 41.9 Å². The minimum Gasteiger partial charge on any atom is -0.464 e.